The van der Waals surface area contributed by atoms with Crippen LogP contribution in [0.3, 0.4) is 0 Å². The Morgan fingerprint density at radius 2 is 1.90 bits per heavy atom. The second-order valence-corrected chi connectivity index (χ2v) is 7.43. The Labute approximate surface area is 170 Å². The van der Waals surface area contributed by atoms with E-state index in [1.807, 2.05) is 19.1 Å². The van der Waals surface area contributed by atoms with Gasteiger partial charge in [-0.1, -0.05) is 22.9 Å². The minimum absolute atomic E-state index is 0.0307. The number of amides is 2. The number of rotatable bonds is 8. The van der Waals surface area contributed by atoms with E-state index in [1.165, 1.54) is 4.90 Å². The number of ether oxygens (including phenoxy) is 1. The van der Waals surface area contributed by atoms with Gasteiger partial charge in [-0.15, -0.1) is 0 Å². The summed E-state index contributed by atoms with van der Waals surface area (Å²) < 4.78 is 10.4. The first kappa shape index (κ1) is 21.0. The predicted molar refractivity (Wildman–Crippen MR) is 108 cm³/mol. The van der Waals surface area contributed by atoms with Gasteiger partial charge in [-0.3, -0.25) is 9.59 Å². The normalized spacial score (nSPS) is 14.6. The van der Waals surface area contributed by atoms with E-state index in [9.17, 15) is 9.59 Å². The number of carbonyl (C=O) groups excluding carboxylic acids is 2. The number of anilines is 1. The Bertz CT molecular complexity index is 812. The SMILES string of the molecule is Cc1ccc(C(=O)N(CCC[NH+]2CCOCC2)CC(=O)Nc2cc(C)on2)cc1. The van der Waals surface area contributed by atoms with Crippen LogP contribution in [-0.4, -0.2) is 67.8 Å². The van der Waals surface area contributed by atoms with Crippen molar-refractivity contribution in [2.45, 2.75) is 20.3 Å². The molecule has 0 spiro atoms. The minimum atomic E-state index is -0.294. The van der Waals surface area contributed by atoms with Crippen LogP contribution in [0.5, 0.6) is 0 Å². The van der Waals surface area contributed by atoms with Crippen molar-refractivity contribution < 1.29 is 23.7 Å². The Hall–Kier alpha value is -2.71. The number of carbonyl (C=O) groups is 2. The number of benzene rings is 1. The van der Waals surface area contributed by atoms with Gasteiger partial charge in [0.05, 0.1) is 19.8 Å². The molecule has 2 aromatic rings. The zero-order chi connectivity index (χ0) is 20.6. The molecule has 0 radical (unpaired) electrons. The van der Waals surface area contributed by atoms with Crippen molar-refractivity contribution in [3.63, 3.8) is 0 Å². The molecule has 29 heavy (non-hydrogen) atoms. The van der Waals surface area contributed by atoms with Gasteiger partial charge in [-0.05, 0) is 26.0 Å². The largest absolute Gasteiger partial charge is 0.370 e. The molecule has 0 atom stereocenters. The van der Waals surface area contributed by atoms with Gasteiger partial charge < -0.3 is 24.4 Å². The highest BCUT2D eigenvalue weighted by molar-refractivity contribution is 5.99. The lowest BCUT2D eigenvalue weighted by Gasteiger charge is -2.26. The molecule has 0 bridgehead atoms. The van der Waals surface area contributed by atoms with Crippen LogP contribution in [0, 0.1) is 13.8 Å². The minimum Gasteiger partial charge on any atom is -0.370 e. The van der Waals surface area contributed by atoms with E-state index in [4.69, 9.17) is 9.26 Å². The first-order valence-corrected chi connectivity index (χ1v) is 10.0. The lowest BCUT2D eigenvalue weighted by atomic mass is 10.1. The number of aromatic nitrogens is 1. The highest BCUT2D eigenvalue weighted by atomic mass is 16.5. The van der Waals surface area contributed by atoms with Gasteiger partial charge >= 0.3 is 0 Å². The Morgan fingerprint density at radius 3 is 2.55 bits per heavy atom. The van der Waals surface area contributed by atoms with E-state index in [0.717, 1.165) is 44.8 Å². The zero-order valence-corrected chi connectivity index (χ0v) is 17.1. The topological polar surface area (TPSA) is 89.1 Å². The molecule has 1 saturated heterocycles. The molecule has 0 aliphatic carbocycles. The fourth-order valence-corrected chi connectivity index (χ4v) is 3.34. The summed E-state index contributed by atoms with van der Waals surface area (Å²) in [6.07, 6.45) is 0.823. The van der Waals surface area contributed by atoms with Crippen LogP contribution in [0.15, 0.2) is 34.9 Å². The van der Waals surface area contributed by atoms with Crippen LogP contribution in [-0.2, 0) is 9.53 Å². The summed E-state index contributed by atoms with van der Waals surface area (Å²) in [7, 11) is 0. The van der Waals surface area contributed by atoms with E-state index in [-0.39, 0.29) is 18.4 Å². The maximum absolute atomic E-state index is 13.0. The van der Waals surface area contributed by atoms with Gasteiger partial charge in [0.2, 0.25) is 5.91 Å². The fourth-order valence-electron chi connectivity index (χ4n) is 3.34. The molecular weight excluding hydrogens is 372 g/mol. The molecule has 2 N–H and O–H groups in total. The van der Waals surface area contributed by atoms with Crippen molar-refractivity contribution in [3.05, 3.63) is 47.2 Å². The molecule has 1 aliphatic heterocycles. The molecule has 2 amide bonds. The molecule has 1 aliphatic rings. The van der Waals surface area contributed by atoms with Crippen molar-refractivity contribution in [1.29, 1.82) is 0 Å². The van der Waals surface area contributed by atoms with E-state index in [1.54, 1.807) is 30.0 Å². The van der Waals surface area contributed by atoms with Gasteiger partial charge in [0, 0.05) is 24.6 Å². The van der Waals surface area contributed by atoms with Crippen molar-refractivity contribution in [2.75, 3.05) is 51.3 Å². The number of nitrogens with one attached hydrogen (secondary N) is 2. The lowest BCUT2D eigenvalue weighted by molar-refractivity contribution is -0.908. The third kappa shape index (κ3) is 6.40. The summed E-state index contributed by atoms with van der Waals surface area (Å²) in [5.41, 5.74) is 1.67. The van der Waals surface area contributed by atoms with Crippen LogP contribution in [0.2, 0.25) is 0 Å². The summed E-state index contributed by atoms with van der Waals surface area (Å²) in [5.74, 6) is 0.528. The third-order valence-corrected chi connectivity index (χ3v) is 4.97. The van der Waals surface area contributed by atoms with Gasteiger partial charge in [-0.2, -0.15) is 0 Å². The fraction of sp³-hybridized carbons (Fsp3) is 0.476. The number of nitrogens with zero attached hydrogens (tertiary/aromatic N) is 2. The van der Waals surface area contributed by atoms with E-state index >= 15 is 0 Å². The molecule has 3 rings (SSSR count). The van der Waals surface area contributed by atoms with Gasteiger partial charge in [0.25, 0.3) is 5.91 Å². The Kier molecular flexibility index (Phi) is 7.37. The molecule has 0 saturated carbocycles. The second-order valence-electron chi connectivity index (χ2n) is 7.43. The predicted octanol–water partition coefficient (Wildman–Crippen LogP) is 0.678. The quantitative estimate of drug-likeness (QED) is 0.679. The van der Waals surface area contributed by atoms with Crippen LogP contribution < -0.4 is 10.2 Å². The van der Waals surface area contributed by atoms with Crippen molar-refractivity contribution >= 4 is 17.6 Å². The maximum Gasteiger partial charge on any atom is 0.254 e. The van der Waals surface area contributed by atoms with E-state index in [2.05, 4.69) is 10.5 Å². The second kappa shape index (κ2) is 10.2. The molecule has 1 aromatic heterocycles. The van der Waals surface area contributed by atoms with Crippen molar-refractivity contribution in [1.82, 2.24) is 10.1 Å². The number of morpholine rings is 1. The maximum atomic E-state index is 13.0. The summed E-state index contributed by atoms with van der Waals surface area (Å²) in [6, 6.07) is 9.06. The number of hydrogen-bond acceptors (Lipinski definition) is 5. The molecule has 8 nitrogen and oxygen atoms in total. The Morgan fingerprint density at radius 1 is 1.17 bits per heavy atom. The number of aryl methyl sites for hydroxylation is 2. The van der Waals surface area contributed by atoms with Gasteiger partial charge in [-0.25, -0.2) is 0 Å². The molecule has 2 heterocycles. The smallest absolute Gasteiger partial charge is 0.254 e. The molecule has 156 valence electrons. The summed E-state index contributed by atoms with van der Waals surface area (Å²) in [6.45, 7) is 8.69. The monoisotopic (exact) mass is 401 g/mol. The summed E-state index contributed by atoms with van der Waals surface area (Å²) in [5, 5.41) is 6.46. The standard InChI is InChI=1S/C21H28N4O4/c1-16-4-6-18(7-5-16)21(27)25(9-3-8-24-10-12-28-13-11-24)15-20(26)22-19-14-17(2)29-23-19/h4-7,14H,3,8-13,15H2,1-2H3,(H,22,23,26)/p+1. The van der Waals surface area contributed by atoms with Crippen LogP contribution in [0.25, 0.3) is 0 Å². The van der Waals surface area contributed by atoms with Gasteiger partial charge in [0.1, 0.15) is 25.4 Å². The lowest BCUT2D eigenvalue weighted by Crippen LogP contribution is -3.14. The highest BCUT2D eigenvalue weighted by Gasteiger charge is 2.21. The molecule has 1 aromatic carbocycles. The molecular formula is C21H29N4O4+. The van der Waals surface area contributed by atoms with Crippen molar-refractivity contribution in [3.8, 4) is 0 Å². The van der Waals surface area contributed by atoms with E-state index < -0.39 is 0 Å². The number of hydrogen-bond donors (Lipinski definition) is 2. The van der Waals surface area contributed by atoms with Crippen LogP contribution in [0.4, 0.5) is 5.82 Å². The van der Waals surface area contributed by atoms with Crippen molar-refractivity contribution in [2.24, 2.45) is 0 Å². The summed E-state index contributed by atoms with van der Waals surface area (Å²) >= 11 is 0. The van der Waals surface area contributed by atoms with Gasteiger partial charge in [0.15, 0.2) is 5.82 Å². The van der Waals surface area contributed by atoms with Crippen LogP contribution in [0.1, 0.15) is 28.1 Å². The molecule has 8 heteroatoms. The van der Waals surface area contributed by atoms with Crippen LogP contribution >= 0.6 is 0 Å². The average molecular weight is 401 g/mol. The number of quaternary nitrogens is 1. The summed E-state index contributed by atoms with van der Waals surface area (Å²) in [4.78, 5) is 28.6. The first-order valence-electron chi connectivity index (χ1n) is 10.0. The molecule has 0 unspecified atom stereocenters. The average Bonchev–Trinajstić information content (AvgIpc) is 3.12. The zero-order valence-electron chi connectivity index (χ0n) is 17.1. The third-order valence-electron chi connectivity index (χ3n) is 4.97. The molecule has 1 fully saturated rings. The highest BCUT2D eigenvalue weighted by Crippen LogP contribution is 2.10. The van der Waals surface area contributed by atoms with E-state index in [0.29, 0.717) is 23.7 Å². The Balaban J connectivity index is 1.61. The first-order chi connectivity index (χ1) is 14.0.